The Hall–Kier alpha value is -4.47. The van der Waals surface area contributed by atoms with Crippen molar-refractivity contribution in [2.24, 2.45) is 0 Å². The molecule has 1 amide bonds. The largest absolute Gasteiger partial charge is 0.435 e. The van der Waals surface area contributed by atoms with E-state index in [-0.39, 0.29) is 18.2 Å². The molecule has 0 aliphatic rings. The molecule has 0 spiro atoms. The average Bonchev–Trinajstić information content (AvgIpc) is 3.51. The maximum absolute atomic E-state index is 14.0. The van der Waals surface area contributed by atoms with Crippen LogP contribution in [0, 0.1) is 5.82 Å². The minimum Gasteiger partial charge on any atom is -0.361 e. The Morgan fingerprint density at radius 2 is 1.67 bits per heavy atom. The summed E-state index contributed by atoms with van der Waals surface area (Å²) in [6, 6.07) is 21.3. The first-order valence-electron chi connectivity index (χ1n) is 11.0. The molecule has 2 heterocycles. The van der Waals surface area contributed by atoms with Crippen molar-refractivity contribution in [2.45, 2.75) is 12.1 Å². The van der Waals surface area contributed by atoms with E-state index < -0.39 is 29.3 Å². The van der Waals surface area contributed by atoms with Gasteiger partial charge in [-0.25, -0.2) is 9.07 Å². The van der Waals surface area contributed by atoms with Crippen molar-refractivity contribution in [3.63, 3.8) is 0 Å². The smallest absolute Gasteiger partial charge is 0.361 e. The van der Waals surface area contributed by atoms with Crippen molar-refractivity contribution in [2.75, 3.05) is 6.54 Å². The van der Waals surface area contributed by atoms with Crippen LogP contribution in [0.3, 0.4) is 0 Å². The van der Waals surface area contributed by atoms with Crippen molar-refractivity contribution in [1.29, 1.82) is 0 Å². The highest BCUT2D eigenvalue weighted by Crippen LogP contribution is 2.34. The van der Waals surface area contributed by atoms with Crippen LogP contribution in [0.25, 0.3) is 16.6 Å². The number of aromatic nitrogens is 4. The molecule has 0 radical (unpaired) electrons. The summed E-state index contributed by atoms with van der Waals surface area (Å²) >= 11 is 0. The number of para-hydroxylation sites is 1. The molecular weight excluding hydrogens is 474 g/mol. The molecular formula is C26H19F4N5O. The Balaban J connectivity index is 1.48. The molecule has 182 valence electrons. The maximum Gasteiger partial charge on any atom is 0.435 e. The summed E-state index contributed by atoms with van der Waals surface area (Å²) in [6.45, 7) is 0.0192. The van der Waals surface area contributed by atoms with E-state index in [1.165, 1.54) is 0 Å². The van der Waals surface area contributed by atoms with Crippen LogP contribution in [0.2, 0.25) is 0 Å². The lowest BCUT2D eigenvalue weighted by Crippen LogP contribution is -2.31. The van der Waals surface area contributed by atoms with Gasteiger partial charge in [0.1, 0.15) is 5.82 Å². The van der Waals surface area contributed by atoms with E-state index in [1.807, 2.05) is 60.8 Å². The van der Waals surface area contributed by atoms with E-state index >= 15 is 0 Å². The first kappa shape index (κ1) is 23.3. The molecule has 0 bridgehead atoms. The first-order valence-corrected chi connectivity index (χ1v) is 11.0. The van der Waals surface area contributed by atoms with Gasteiger partial charge in [0.25, 0.3) is 5.91 Å². The van der Waals surface area contributed by atoms with Gasteiger partial charge in [0, 0.05) is 29.6 Å². The fraction of sp³-hybridized carbons (Fsp3) is 0.115. The number of nitrogens with one attached hydrogen (secondary N) is 2. The standard InChI is InChI=1S/C26H19F4N5O/c27-17-10-12-18(13-11-17)35-24(26(28,29)30)23(33-34-35)25(36)32-14-20(16-6-2-1-3-7-16)21-15-31-22-9-5-4-8-19(21)22/h1-13,15,20,31H,14H2,(H,32,36). The molecule has 6 nitrogen and oxygen atoms in total. The number of hydrogen-bond acceptors (Lipinski definition) is 3. The van der Waals surface area contributed by atoms with E-state index in [0.29, 0.717) is 4.68 Å². The van der Waals surface area contributed by atoms with E-state index in [0.717, 1.165) is 46.3 Å². The third kappa shape index (κ3) is 4.45. The molecule has 10 heteroatoms. The number of halogens is 4. The molecule has 2 N–H and O–H groups in total. The van der Waals surface area contributed by atoms with Crippen molar-refractivity contribution >= 4 is 16.8 Å². The van der Waals surface area contributed by atoms with Crippen LogP contribution in [0.5, 0.6) is 0 Å². The van der Waals surface area contributed by atoms with Crippen LogP contribution in [0.4, 0.5) is 17.6 Å². The number of nitrogens with zero attached hydrogens (tertiary/aromatic N) is 3. The van der Waals surface area contributed by atoms with E-state index in [2.05, 4.69) is 20.6 Å². The number of carbonyl (C=O) groups is 1. The quantitative estimate of drug-likeness (QED) is 0.308. The van der Waals surface area contributed by atoms with Gasteiger partial charge in [0.2, 0.25) is 0 Å². The normalized spacial score (nSPS) is 12.6. The number of benzene rings is 3. The van der Waals surface area contributed by atoms with Crippen LogP contribution in [-0.4, -0.2) is 32.4 Å². The van der Waals surface area contributed by atoms with Gasteiger partial charge < -0.3 is 10.3 Å². The van der Waals surface area contributed by atoms with Gasteiger partial charge in [-0.3, -0.25) is 4.79 Å². The Kier molecular flexibility index (Phi) is 6.01. The fourth-order valence-corrected chi connectivity index (χ4v) is 4.21. The van der Waals surface area contributed by atoms with Crippen molar-refractivity contribution in [1.82, 2.24) is 25.3 Å². The van der Waals surface area contributed by atoms with Gasteiger partial charge in [-0.05, 0) is 41.5 Å². The minimum atomic E-state index is -4.93. The molecule has 5 rings (SSSR count). The zero-order valence-corrected chi connectivity index (χ0v) is 18.6. The number of fused-ring (bicyclic) bond motifs is 1. The zero-order chi connectivity index (χ0) is 25.3. The minimum absolute atomic E-state index is 0.0192. The lowest BCUT2D eigenvalue weighted by atomic mass is 9.91. The molecule has 0 saturated carbocycles. The predicted octanol–water partition coefficient (Wildman–Crippen LogP) is 5.47. The molecule has 3 aromatic carbocycles. The van der Waals surface area contributed by atoms with Crippen LogP contribution < -0.4 is 5.32 Å². The third-order valence-corrected chi connectivity index (χ3v) is 5.89. The second-order valence-corrected chi connectivity index (χ2v) is 8.14. The summed E-state index contributed by atoms with van der Waals surface area (Å²) in [4.78, 5) is 16.2. The number of amides is 1. The number of H-pyrrole nitrogens is 1. The van der Waals surface area contributed by atoms with Gasteiger partial charge in [0.15, 0.2) is 11.4 Å². The van der Waals surface area contributed by atoms with Crippen LogP contribution in [-0.2, 0) is 6.18 Å². The molecule has 0 saturated heterocycles. The molecule has 36 heavy (non-hydrogen) atoms. The number of hydrogen-bond donors (Lipinski definition) is 2. The highest BCUT2D eigenvalue weighted by Gasteiger charge is 2.42. The predicted molar refractivity (Wildman–Crippen MR) is 125 cm³/mol. The zero-order valence-electron chi connectivity index (χ0n) is 18.6. The van der Waals surface area contributed by atoms with E-state index in [4.69, 9.17) is 0 Å². The lowest BCUT2D eigenvalue weighted by molar-refractivity contribution is -0.143. The molecule has 1 unspecified atom stereocenters. The number of alkyl halides is 3. The van der Waals surface area contributed by atoms with Crippen LogP contribution >= 0.6 is 0 Å². The lowest BCUT2D eigenvalue weighted by Gasteiger charge is -2.18. The Bertz CT molecular complexity index is 1510. The molecule has 1 atom stereocenters. The summed E-state index contributed by atoms with van der Waals surface area (Å²) in [7, 11) is 0. The second-order valence-electron chi connectivity index (χ2n) is 8.14. The van der Waals surface area contributed by atoms with Gasteiger partial charge in [-0.15, -0.1) is 5.10 Å². The fourth-order valence-electron chi connectivity index (χ4n) is 4.21. The Morgan fingerprint density at radius 3 is 2.39 bits per heavy atom. The first-order chi connectivity index (χ1) is 17.3. The molecule has 2 aromatic heterocycles. The second kappa shape index (κ2) is 9.29. The Labute approximate surface area is 202 Å². The molecule has 0 aliphatic heterocycles. The average molecular weight is 493 g/mol. The Morgan fingerprint density at radius 1 is 0.972 bits per heavy atom. The van der Waals surface area contributed by atoms with Crippen LogP contribution in [0.1, 0.15) is 33.2 Å². The molecule has 0 fully saturated rings. The van der Waals surface area contributed by atoms with Crippen LogP contribution in [0.15, 0.2) is 85.1 Å². The molecule has 5 aromatic rings. The van der Waals surface area contributed by atoms with E-state index in [1.54, 1.807) is 0 Å². The topological polar surface area (TPSA) is 75.6 Å². The summed E-state index contributed by atoms with van der Waals surface area (Å²) in [6.07, 6.45) is -3.10. The van der Waals surface area contributed by atoms with E-state index in [9.17, 15) is 22.4 Å². The van der Waals surface area contributed by atoms with Gasteiger partial charge in [-0.1, -0.05) is 53.7 Å². The highest BCUT2D eigenvalue weighted by atomic mass is 19.4. The van der Waals surface area contributed by atoms with Gasteiger partial charge >= 0.3 is 6.18 Å². The van der Waals surface area contributed by atoms with Crippen molar-refractivity contribution < 1.29 is 22.4 Å². The number of rotatable bonds is 6. The third-order valence-electron chi connectivity index (χ3n) is 5.89. The van der Waals surface area contributed by atoms with Crippen molar-refractivity contribution in [3.05, 3.63) is 113 Å². The van der Waals surface area contributed by atoms with Gasteiger partial charge in [0.05, 0.1) is 5.69 Å². The monoisotopic (exact) mass is 493 g/mol. The number of aromatic amines is 1. The highest BCUT2D eigenvalue weighted by molar-refractivity contribution is 5.93. The SMILES string of the molecule is O=C(NCC(c1ccccc1)c1c[nH]c2ccccc12)c1nnn(-c2ccc(F)cc2)c1C(F)(F)F. The van der Waals surface area contributed by atoms with Crippen molar-refractivity contribution in [3.8, 4) is 5.69 Å². The molecule has 0 aliphatic carbocycles. The number of carbonyl (C=O) groups excluding carboxylic acids is 1. The van der Waals surface area contributed by atoms with Gasteiger partial charge in [-0.2, -0.15) is 13.2 Å². The maximum atomic E-state index is 14.0. The summed E-state index contributed by atoms with van der Waals surface area (Å²) in [5.74, 6) is -1.97. The summed E-state index contributed by atoms with van der Waals surface area (Å²) in [5, 5.41) is 10.6. The summed E-state index contributed by atoms with van der Waals surface area (Å²) in [5.41, 5.74) is 0.404. The summed E-state index contributed by atoms with van der Waals surface area (Å²) < 4.78 is 55.7.